The zero-order valence-corrected chi connectivity index (χ0v) is 18.5. The molecular formula is C25H23N3O5. The SMILES string of the molecule is Cc1cc(C)c2c(c1)C(NC(=O)c1c(C)oc3[nH]c(=O)n(-c4ccccc4)c(=O)c13)CCO2. The van der Waals surface area contributed by atoms with Crippen LogP contribution in [0.2, 0.25) is 0 Å². The number of aromatic nitrogens is 2. The first kappa shape index (κ1) is 20.8. The molecule has 0 radical (unpaired) electrons. The molecule has 0 bridgehead atoms. The van der Waals surface area contributed by atoms with Crippen LogP contribution < -0.4 is 21.3 Å². The van der Waals surface area contributed by atoms with E-state index in [2.05, 4.69) is 10.3 Å². The van der Waals surface area contributed by atoms with Crippen molar-refractivity contribution in [3.63, 3.8) is 0 Å². The first-order chi connectivity index (χ1) is 15.8. The molecule has 4 aromatic rings. The largest absolute Gasteiger partial charge is 0.493 e. The molecule has 0 saturated carbocycles. The van der Waals surface area contributed by atoms with E-state index in [9.17, 15) is 14.4 Å². The van der Waals surface area contributed by atoms with Crippen LogP contribution in [0.15, 0.2) is 56.5 Å². The highest BCUT2D eigenvalue weighted by molar-refractivity contribution is 6.06. The van der Waals surface area contributed by atoms with Crippen LogP contribution in [0.3, 0.4) is 0 Å². The predicted octanol–water partition coefficient (Wildman–Crippen LogP) is 3.45. The number of hydrogen-bond donors (Lipinski definition) is 2. The number of amides is 1. The number of aryl methyl sites for hydroxylation is 3. The summed E-state index contributed by atoms with van der Waals surface area (Å²) in [6.45, 7) is 6.05. The number of hydrogen-bond acceptors (Lipinski definition) is 5. The quantitative estimate of drug-likeness (QED) is 0.502. The van der Waals surface area contributed by atoms with Crippen molar-refractivity contribution < 1.29 is 13.9 Å². The van der Waals surface area contributed by atoms with Gasteiger partial charge in [-0.15, -0.1) is 0 Å². The van der Waals surface area contributed by atoms with Crippen molar-refractivity contribution in [3.8, 4) is 11.4 Å². The van der Waals surface area contributed by atoms with Gasteiger partial charge >= 0.3 is 5.69 Å². The van der Waals surface area contributed by atoms with Gasteiger partial charge in [0.1, 0.15) is 16.9 Å². The smallest absolute Gasteiger partial charge is 0.335 e. The van der Waals surface area contributed by atoms with Crippen LogP contribution in [0.4, 0.5) is 0 Å². The Morgan fingerprint density at radius 2 is 1.88 bits per heavy atom. The number of carbonyl (C=O) groups is 1. The standard InChI is InChI=1S/C25H23N3O5/c1-13-11-14(2)21-17(12-13)18(9-10-32-21)26-22(29)19-15(3)33-23-20(19)24(30)28(25(31)27-23)16-7-5-4-6-8-16/h4-8,11-12,18H,9-10H2,1-3H3,(H,26,29)(H,27,31). The van der Waals surface area contributed by atoms with Crippen molar-refractivity contribution in [3.05, 3.63) is 91.3 Å². The number of aromatic amines is 1. The van der Waals surface area contributed by atoms with E-state index in [0.717, 1.165) is 27.0 Å². The van der Waals surface area contributed by atoms with Gasteiger partial charge in [-0.05, 0) is 38.5 Å². The summed E-state index contributed by atoms with van der Waals surface area (Å²) in [6.07, 6.45) is 0.599. The number of furan rings is 1. The number of H-pyrrole nitrogens is 1. The van der Waals surface area contributed by atoms with Crippen LogP contribution in [0.1, 0.15) is 45.3 Å². The van der Waals surface area contributed by atoms with Gasteiger partial charge in [-0.25, -0.2) is 9.36 Å². The highest BCUT2D eigenvalue weighted by atomic mass is 16.5. The third-order valence-electron chi connectivity index (χ3n) is 5.95. The molecule has 1 amide bonds. The molecule has 1 unspecified atom stereocenters. The molecule has 0 spiro atoms. The molecule has 0 fully saturated rings. The van der Waals surface area contributed by atoms with E-state index >= 15 is 0 Å². The predicted molar refractivity (Wildman–Crippen MR) is 123 cm³/mol. The van der Waals surface area contributed by atoms with Crippen LogP contribution >= 0.6 is 0 Å². The average Bonchev–Trinajstić information content (AvgIpc) is 3.11. The Kier molecular flexibility index (Phi) is 4.92. The highest BCUT2D eigenvalue weighted by Gasteiger charge is 2.29. The first-order valence-electron chi connectivity index (χ1n) is 10.7. The van der Waals surface area contributed by atoms with Crippen molar-refractivity contribution in [1.82, 2.24) is 14.9 Å². The fraction of sp³-hybridized carbons (Fsp3) is 0.240. The molecule has 33 heavy (non-hydrogen) atoms. The van der Waals surface area contributed by atoms with Crippen LogP contribution in [-0.2, 0) is 0 Å². The number of nitrogens with one attached hydrogen (secondary N) is 2. The van der Waals surface area contributed by atoms with E-state index in [0.29, 0.717) is 18.7 Å². The second-order valence-corrected chi connectivity index (χ2v) is 8.31. The monoisotopic (exact) mass is 445 g/mol. The fourth-order valence-electron chi connectivity index (χ4n) is 4.54. The lowest BCUT2D eigenvalue weighted by atomic mass is 9.95. The number of rotatable bonds is 3. The van der Waals surface area contributed by atoms with Gasteiger partial charge in [0, 0.05) is 12.0 Å². The minimum Gasteiger partial charge on any atom is -0.493 e. The summed E-state index contributed by atoms with van der Waals surface area (Å²) in [5.41, 5.74) is 2.26. The summed E-state index contributed by atoms with van der Waals surface area (Å²) in [6, 6.07) is 12.3. The summed E-state index contributed by atoms with van der Waals surface area (Å²) in [5.74, 6) is 0.600. The van der Waals surface area contributed by atoms with Crippen LogP contribution in [0.25, 0.3) is 16.8 Å². The van der Waals surface area contributed by atoms with Gasteiger partial charge in [-0.2, -0.15) is 0 Å². The summed E-state index contributed by atoms with van der Waals surface area (Å²) in [7, 11) is 0. The Morgan fingerprint density at radius 3 is 2.64 bits per heavy atom. The molecule has 1 atom stereocenters. The zero-order valence-electron chi connectivity index (χ0n) is 18.5. The van der Waals surface area contributed by atoms with Crippen molar-refractivity contribution in [2.45, 2.75) is 33.2 Å². The maximum absolute atomic E-state index is 13.4. The number of ether oxygens (including phenoxy) is 1. The lowest BCUT2D eigenvalue weighted by Crippen LogP contribution is -2.36. The second kappa shape index (κ2) is 7.81. The maximum atomic E-state index is 13.4. The lowest BCUT2D eigenvalue weighted by molar-refractivity contribution is 0.0924. The van der Waals surface area contributed by atoms with E-state index < -0.39 is 17.2 Å². The number of carbonyl (C=O) groups excluding carboxylic acids is 1. The van der Waals surface area contributed by atoms with Gasteiger partial charge < -0.3 is 14.5 Å². The molecule has 2 aromatic carbocycles. The van der Waals surface area contributed by atoms with E-state index in [1.165, 1.54) is 0 Å². The molecule has 8 heteroatoms. The Morgan fingerprint density at radius 1 is 1.12 bits per heavy atom. The van der Waals surface area contributed by atoms with Gasteiger partial charge in [0.05, 0.1) is 23.9 Å². The minimum absolute atomic E-state index is 0.0149. The topological polar surface area (TPSA) is 106 Å². The van der Waals surface area contributed by atoms with E-state index in [4.69, 9.17) is 9.15 Å². The minimum atomic E-state index is -0.635. The van der Waals surface area contributed by atoms with Crippen molar-refractivity contribution in [1.29, 1.82) is 0 Å². The maximum Gasteiger partial charge on any atom is 0.335 e. The third-order valence-corrected chi connectivity index (χ3v) is 5.95. The van der Waals surface area contributed by atoms with Gasteiger partial charge in [0.2, 0.25) is 5.71 Å². The highest BCUT2D eigenvalue weighted by Crippen LogP contribution is 2.36. The van der Waals surface area contributed by atoms with Gasteiger partial charge in [0.15, 0.2) is 0 Å². The molecule has 0 saturated heterocycles. The molecule has 1 aliphatic rings. The summed E-state index contributed by atoms with van der Waals surface area (Å²) >= 11 is 0. The van der Waals surface area contributed by atoms with Crippen LogP contribution in [0.5, 0.6) is 5.75 Å². The van der Waals surface area contributed by atoms with Gasteiger partial charge in [0.25, 0.3) is 11.5 Å². The summed E-state index contributed by atoms with van der Waals surface area (Å²) in [5, 5.41) is 3.09. The molecular weight excluding hydrogens is 422 g/mol. The molecule has 1 aliphatic heterocycles. The second-order valence-electron chi connectivity index (χ2n) is 8.31. The molecule has 2 aromatic heterocycles. The summed E-state index contributed by atoms with van der Waals surface area (Å²) in [4.78, 5) is 42.0. The fourth-order valence-corrected chi connectivity index (χ4v) is 4.54. The normalized spacial score (nSPS) is 15.2. The molecule has 0 aliphatic carbocycles. The Balaban J connectivity index is 1.61. The lowest BCUT2D eigenvalue weighted by Gasteiger charge is -2.28. The van der Waals surface area contributed by atoms with Crippen molar-refractivity contribution in [2.75, 3.05) is 6.61 Å². The first-order valence-corrected chi connectivity index (χ1v) is 10.7. The number of fused-ring (bicyclic) bond motifs is 2. The van der Waals surface area contributed by atoms with Crippen LogP contribution in [-0.4, -0.2) is 22.1 Å². The molecule has 3 heterocycles. The van der Waals surface area contributed by atoms with Gasteiger partial charge in [-0.1, -0.05) is 35.9 Å². The Bertz CT molecular complexity index is 1510. The van der Waals surface area contributed by atoms with E-state index in [1.807, 2.05) is 26.0 Å². The summed E-state index contributed by atoms with van der Waals surface area (Å²) < 4.78 is 12.5. The molecule has 2 N–H and O–H groups in total. The molecule has 168 valence electrons. The number of nitrogens with zero attached hydrogens (tertiary/aromatic N) is 1. The number of para-hydroxylation sites is 1. The molecule has 8 nitrogen and oxygen atoms in total. The zero-order chi connectivity index (χ0) is 23.3. The van der Waals surface area contributed by atoms with E-state index in [1.54, 1.807) is 37.3 Å². The number of benzene rings is 2. The average molecular weight is 445 g/mol. The van der Waals surface area contributed by atoms with Crippen molar-refractivity contribution in [2.24, 2.45) is 0 Å². The van der Waals surface area contributed by atoms with Crippen molar-refractivity contribution >= 4 is 17.0 Å². The molecule has 5 rings (SSSR count). The van der Waals surface area contributed by atoms with Crippen LogP contribution in [0, 0.1) is 20.8 Å². The van der Waals surface area contributed by atoms with Gasteiger partial charge in [-0.3, -0.25) is 14.6 Å². The Hall–Kier alpha value is -4.07. The Labute approximate surface area is 188 Å². The van der Waals surface area contributed by atoms with E-state index in [-0.39, 0.29) is 28.5 Å². The third kappa shape index (κ3) is 3.44.